The molecule has 0 heterocycles. The Hall–Kier alpha value is -0.820. The van der Waals surface area contributed by atoms with Crippen molar-refractivity contribution in [3.05, 3.63) is 35.4 Å². The summed E-state index contributed by atoms with van der Waals surface area (Å²) in [6.45, 7) is 2.22. The molecular formula is C15H20O. The monoisotopic (exact) mass is 216 g/mol. The molecule has 2 bridgehead atoms. The Bertz CT molecular complexity index is 383. The average molecular weight is 216 g/mol. The largest absolute Gasteiger partial charge is 0.390 e. The maximum atomic E-state index is 10.2. The second-order valence-corrected chi connectivity index (χ2v) is 5.82. The van der Waals surface area contributed by atoms with Crippen LogP contribution in [0.1, 0.15) is 49.7 Å². The zero-order valence-corrected chi connectivity index (χ0v) is 10.00. The van der Waals surface area contributed by atoms with E-state index >= 15 is 0 Å². The predicted molar refractivity (Wildman–Crippen MR) is 65.5 cm³/mol. The van der Waals surface area contributed by atoms with Gasteiger partial charge in [0.05, 0.1) is 5.60 Å². The lowest BCUT2D eigenvalue weighted by atomic mass is 9.56. The molecule has 1 aromatic carbocycles. The van der Waals surface area contributed by atoms with E-state index in [-0.39, 0.29) is 5.60 Å². The van der Waals surface area contributed by atoms with E-state index in [9.17, 15) is 5.11 Å². The van der Waals surface area contributed by atoms with Crippen LogP contribution in [-0.4, -0.2) is 10.7 Å². The molecule has 0 aliphatic heterocycles. The van der Waals surface area contributed by atoms with E-state index < -0.39 is 0 Å². The highest BCUT2D eigenvalue weighted by Crippen LogP contribution is 2.53. The Labute approximate surface area is 97.5 Å². The summed E-state index contributed by atoms with van der Waals surface area (Å²) in [5, 5.41) is 10.2. The highest BCUT2D eigenvalue weighted by molar-refractivity contribution is 5.35. The average Bonchev–Trinajstić information content (AvgIpc) is 2.31. The maximum Gasteiger partial charge on any atom is 0.0648 e. The number of hydrogen-bond donors (Lipinski definition) is 1. The molecule has 0 atom stereocenters. The van der Waals surface area contributed by atoms with Gasteiger partial charge in [-0.15, -0.1) is 0 Å². The van der Waals surface area contributed by atoms with Gasteiger partial charge in [0.25, 0.3) is 0 Å². The van der Waals surface area contributed by atoms with Crippen LogP contribution in [0.2, 0.25) is 0 Å². The Kier molecular flexibility index (Phi) is 2.16. The Balaban J connectivity index is 1.99. The third-order valence-electron chi connectivity index (χ3n) is 4.92. The predicted octanol–water partition coefficient (Wildman–Crippen LogP) is 3.33. The van der Waals surface area contributed by atoms with Crippen LogP contribution in [-0.2, 0) is 5.41 Å². The number of fused-ring (bicyclic) bond motifs is 3. The van der Waals surface area contributed by atoms with Gasteiger partial charge in [-0.1, -0.05) is 24.3 Å². The normalized spacial score (nSPS) is 37.6. The molecular weight excluding hydrogens is 196 g/mol. The SMILES string of the molecule is Cc1ccccc1C12CCC(O)(CC1)CC2. The minimum absolute atomic E-state index is 0.315. The molecule has 3 fully saturated rings. The summed E-state index contributed by atoms with van der Waals surface area (Å²) in [6, 6.07) is 8.80. The highest BCUT2D eigenvalue weighted by atomic mass is 16.3. The lowest BCUT2D eigenvalue weighted by Gasteiger charge is -2.51. The molecule has 1 nitrogen and oxygen atoms in total. The molecule has 0 aromatic heterocycles. The van der Waals surface area contributed by atoms with Crippen LogP contribution in [0.3, 0.4) is 0 Å². The fraction of sp³-hybridized carbons (Fsp3) is 0.600. The first-order chi connectivity index (χ1) is 7.64. The van der Waals surface area contributed by atoms with E-state index in [1.807, 2.05) is 0 Å². The second kappa shape index (κ2) is 3.33. The fourth-order valence-electron chi connectivity index (χ4n) is 3.74. The summed E-state index contributed by atoms with van der Waals surface area (Å²) in [4.78, 5) is 0. The number of aliphatic hydroxyl groups is 1. The van der Waals surface area contributed by atoms with Crippen LogP contribution >= 0.6 is 0 Å². The summed E-state index contributed by atoms with van der Waals surface area (Å²) in [5.74, 6) is 0. The van der Waals surface area contributed by atoms with Gasteiger partial charge in [0.1, 0.15) is 0 Å². The number of benzene rings is 1. The molecule has 86 valence electrons. The molecule has 0 amide bonds. The summed E-state index contributed by atoms with van der Waals surface area (Å²) in [6.07, 6.45) is 6.53. The molecule has 0 unspecified atom stereocenters. The van der Waals surface area contributed by atoms with E-state index in [1.165, 1.54) is 30.4 Å². The summed E-state index contributed by atoms with van der Waals surface area (Å²) >= 11 is 0. The summed E-state index contributed by atoms with van der Waals surface area (Å²) in [7, 11) is 0. The van der Waals surface area contributed by atoms with Gasteiger partial charge in [0, 0.05) is 0 Å². The van der Waals surface area contributed by atoms with Gasteiger partial charge >= 0.3 is 0 Å². The van der Waals surface area contributed by atoms with Crippen molar-refractivity contribution in [2.45, 2.75) is 56.5 Å². The van der Waals surface area contributed by atoms with Gasteiger partial charge in [0.2, 0.25) is 0 Å². The Morgan fingerprint density at radius 1 is 0.938 bits per heavy atom. The summed E-state index contributed by atoms with van der Waals surface area (Å²) in [5.41, 5.74) is 3.03. The van der Waals surface area contributed by atoms with Gasteiger partial charge in [-0.3, -0.25) is 0 Å². The molecule has 3 saturated carbocycles. The minimum Gasteiger partial charge on any atom is -0.390 e. The van der Waals surface area contributed by atoms with Crippen LogP contribution in [0.5, 0.6) is 0 Å². The van der Waals surface area contributed by atoms with Crippen molar-refractivity contribution < 1.29 is 5.11 Å². The standard InChI is InChI=1S/C15H20O/c1-12-4-2-3-5-13(12)14-6-9-15(16,10-7-14)11-8-14/h2-5,16H,6-11H2,1H3. The smallest absolute Gasteiger partial charge is 0.0648 e. The van der Waals surface area contributed by atoms with Crippen LogP contribution in [0, 0.1) is 6.92 Å². The van der Waals surface area contributed by atoms with Crippen molar-refractivity contribution in [1.82, 2.24) is 0 Å². The molecule has 1 heteroatoms. The van der Waals surface area contributed by atoms with Crippen molar-refractivity contribution >= 4 is 0 Å². The second-order valence-electron chi connectivity index (χ2n) is 5.82. The Morgan fingerprint density at radius 2 is 1.50 bits per heavy atom. The molecule has 3 aliphatic rings. The van der Waals surface area contributed by atoms with Gasteiger partial charge in [0.15, 0.2) is 0 Å². The molecule has 0 spiro atoms. The van der Waals surface area contributed by atoms with Crippen LogP contribution in [0.4, 0.5) is 0 Å². The molecule has 16 heavy (non-hydrogen) atoms. The minimum atomic E-state index is -0.315. The molecule has 1 aromatic rings. The van der Waals surface area contributed by atoms with Gasteiger partial charge in [-0.25, -0.2) is 0 Å². The zero-order chi connectivity index (χ0) is 11.2. The first-order valence-corrected chi connectivity index (χ1v) is 6.42. The molecule has 0 saturated heterocycles. The van der Waals surface area contributed by atoms with Crippen molar-refractivity contribution in [3.8, 4) is 0 Å². The fourth-order valence-corrected chi connectivity index (χ4v) is 3.74. The third kappa shape index (κ3) is 1.41. The number of hydrogen-bond acceptors (Lipinski definition) is 1. The molecule has 3 aliphatic carbocycles. The molecule has 4 rings (SSSR count). The first kappa shape index (κ1) is 10.3. The van der Waals surface area contributed by atoms with E-state index in [0.717, 1.165) is 19.3 Å². The summed E-state index contributed by atoms with van der Waals surface area (Å²) < 4.78 is 0. The van der Waals surface area contributed by atoms with Gasteiger partial charge < -0.3 is 5.11 Å². The van der Waals surface area contributed by atoms with Crippen molar-refractivity contribution in [1.29, 1.82) is 0 Å². The van der Waals surface area contributed by atoms with E-state index in [1.54, 1.807) is 0 Å². The van der Waals surface area contributed by atoms with Gasteiger partial charge in [-0.2, -0.15) is 0 Å². The van der Waals surface area contributed by atoms with Crippen molar-refractivity contribution in [2.75, 3.05) is 0 Å². The van der Waals surface area contributed by atoms with Gasteiger partial charge in [-0.05, 0) is 62.0 Å². The zero-order valence-electron chi connectivity index (χ0n) is 10.00. The number of rotatable bonds is 1. The quantitative estimate of drug-likeness (QED) is 0.763. The first-order valence-electron chi connectivity index (χ1n) is 6.42. The Morgan fingerprint density at radius 3 is 2.06 bits per heavy atom. The lowest BCUT2D eigenvalue weighted by molar-refractivity contribution is -0.0661. The molecule has 0 radical (unpaired) electrons. The van der Waals surface area contributed by atoms with E-state index in [0.29, 0.717) is 5.41 Å². The van der Waals surface area contributed by atoms with Crippen LogP contribution < -0.4 is 0 Å². The van der Waals surface area contributed by atoms with Crippen LogP contribution in [0.25, 0.3) is 0 Å². The molecule has 1 N–H and O–H groups in total. The van der Waals surface area contributed by atoms with Crippen molar-refractivity contribution in [3.63, 3.8) is 0 Å². The third-order valence-corrected chi connectivity index (χ3v) is 4.92. The number of aryl methyl sites for hydroxylation is 1. The lowest BCUT2D eigenvalue weighted by Crippen LogP contribution is -2.48. The topological polar surface area (TPSA) is 20.2 Å². The highest BCUT2D eigenvalue weighted by Gasteiger charge is 2.48. The van der Waals surface area contributed by atoms with E-state index in [4.69, 9.17) is 0 Å². The van der Waals surface area contributed by atoms with E-state index in [2.05, 4.69) is 31.2 Å². The van der Waals surface area contributed by atoms with Crippen LogP contribution in [0.15, 0.2) is 24.3 Å². The van der Waals surface area contributed by atoms with Crippen molar-refractivity contribution in [2.24, 2.45) is 0 Å². The maximum absolute atomic E-state index is 10.2.